The van der Waals surface area contributed by atoms with Crippen molar-refractivity contribution in [3.8, 4) is 11.5 Å². The van der Waals surface area contributed by atoms with Crippen molar-refractivity contribution in [3.63, 3.8) is 0 Å². The Balaban J connectivity index is 2.03. The summed E-state index contributed by atoms with van der Waals surface area (Å²) in [6.45, 7) is 1.67. The van der Waals surface area contributed by atoms with Gasteiger partial charge in [-0.1, -0.05) is 24.3 Å². The van der Waals surface area contributed by atoms with Gasteiger partial charge in [-0.15, -0.1) is 0 Å². The highest BCUT2D eigenvalue weighted by molar-refractivity contribution is 5.95. The molecule has 0 saturated heterocycles. The van der Waals surface area contributed by atoms with Crippen molar-refractivity contribution < 1.29 is 28.2 Å². The Morgan fingerprint density at radius 3 is 2.50 bits per heavy atom. The van der Waals surface area contributed by atoms with Gasteiger partial charge < -0.3 is 19.5 Å². The molecule has 30 heavy (non-hydrogen) atoms. The largest absolute Gasteiger partial charge is 0.497 e. The number of hydrogen-bond donors (Lipinski definition) is 1. The number of esters is 1. The molecule has 0 radical (unpaired) electrons. The molecule has 3 rings (SSSR count). The summed E-state index contributed by atoms with van der Waals surface area (Å²) in [5, 5.41) is 2.81. The number of rotatable bonds is 7. The molecule has 0 aromatic heterocycles. The van der Waals surface area contributed by atoms with E-state index in [1.807, 2.05) is 0 Å². The first-order valence-electron chi connectivity index (χ1n) is 9.42. The standard InChI is InChI=1S/C22H23FN2O5/c1-4-29-21(26)19-17(13-30-18-8-6-5-7-16(18)23)25(2)22(27)24-20(19)14-9-11-15(28-3)12-10-14/h5-12,20H,4,13H2,1-3H3,(H,24,27). The van der Waals surface area contributed by atoms with E-state index in [4.69, 9.17) is 14.2 Å². The fourth-order valence-corrected chi connectivity index (χ4v) is 3.14. The first-order chi connectivity index (χ1) is 14.5. The minimum absolute atomic E-state index is 0.0218. The molecule has 1 unspecified atom stereocenters. The average Bonchev–Trinajstić information content (AvgIpc) is 2.75. The highest BCUT2D eigenvalue weighted by atomic mass is 19.1. The van der Waals surface area contributed by atoms with Crippen molar-refractivity contribution >= 4 is 12.0 Å². The molecule has 2 amide bonds. The van der Waals surface area contributed by atoms with E-state index < -0.39 is 23.9 Å². The zero-order valence-electron chi connectivity index (χ0n) is 17.0. The number of amides is 2. The van der Waals surface area contributed by atoms with Gasteiger partial charge in [-0.3, -0.25) is 4.90 Å². The van der Waals surface area contributed by atoms with Gasteiger partial charge in [0.2, 0.25) is 0 Å². The molecule has 8 heteroatoms. The van der Waals surface area contributed by atoms with Crippen LogP contribution < -0.4 is 14.8 Å². The molecule has 1 heterocycles. The van der Waals surface area contributed by atoms with Crippen LogP contribution in [0.1, 0.15) is 18.5 Å². The lowest BCUT2D eigenvalue weighted by Crippen LogP contribution is -2.48. The zero-order chi connectivity index (χ0) is 21.7. The molecule has 2 aromatic carbocycles. The number of likely N-dealkylation sites (N-methyl/N-ethyl adjacent to an activating group) is 1. The van der Waals surface area contributed by atoms with Crippen molar-refractivity contribution in [2.75, 3.05) is 27.4 Å². The number of nitrogens with zero attached hydrogens (tertiary/aromatic N) is 1. The summed E-state index contributed by atoms with van der Waals surface area (Å²) in [4.78, 5) is 26.7. The molecular weight excluding hydrogens is 391 g/mol. The van der Waals surface area contributed by atoms with Crippen LogP contribution in [0, 0.1) is 5.82 Å². The Morgan fingerprint density at radius 2 is 1.87 bits per heavy atom. The number of hydrogen-bond acceptors (Lipinski definition) is 5. The summed E-state index contributed by atoms with van der Waals surface area (Å²) in [6.07, 6.45) is 0. The summed E-state index contributed by atoms with van der Waals surface area (Å²) >= 11 is 0. The lowest BCUT2D eigenvalue weighted by Gasteiger charge is -2.34. The first kappa shape index (κ1) is 21.2. The highest BCUT2D eigenvalue weighted by Gasteiger charge is 2.37. The maximum atomic E-state index is 14.0. The van der Waals surface area contributed by atoms with Crippen LogP contribution in [0.5, 0.6) is 11.5 Å². The third-order valence-corrected chi connectivity index (χ3v) is 4.72. The van der Waals surface area contributed by atoms with Gasteiger partial charge in [0.15, 0.2) is 11.6 Å². The molecule has 1 atom stereocenters. The van der Waals surface area contributed by atoms with Crippen LogP contribution in [-0.4, -0.2) is 44.3 Å². The summed E-state index contributed by atoms with van der Waals surface area (Å²) in [7, 11) is 3.06. The Morgan fingerprint density at radius 1 is 1.17 bits per heavy atom. The fraction of sp³-hybridized carbons (Fsp3) is 0.273. The number of urea groups is 1. The normalized spacial score (nSPS) is 16.2. The number of para-hydroxylation sites is 1. The minimum atomic E-state index is -0.752. The van der Waals surface area contributed by atoms with Crippen molar-refractivity contribution in [2.24, 2.45) is 0 Å². The molecule has 2 aromatic rings. The second-order valence-electron chi connectivity index (χ2n) is 6.51. The molecule has 158 valence electrons. The van der Waals surface area contributed by atoms with Crippen LogP contribution in [0.25, 0.3) is 0 Å². The van der Waals surface area contributed by atoms with Crippen LogP contribution in [0.2, 0.25) is 0 Å². The summed E-state index contributed by atoms with van der Waals surface area (Å²) in [5.41, 5.74) is 1.19. The molecule has 1 N–H and O–H groups in total. The number of benzene rings is 2. The van der Waals surface area contributed by atoms with Crippen molar-refractivity contribution in [1.82, 2.24) is 10.2 Å². The molecular formula is C22H23FN2O5. The third kappa shape index (κ3) is 4.37. The topological polar surface area (TPSA) is 77.1 Å². The number of carbonyl (C=O) groups is 2. The summed E-state index contributed by atoms with van der Waals surface area (Å²) in [6, 6.07) is 11.7. The SMILES string of the molecule is CCOC(=O)C1=C(COc2ccccc2F)N(C)C(=O)NC1c1ccc(OC)cc1. The van der Waals surface area contributed by atoms with Gasteiger partial charge >= 0.3 is 12.0 Å². The molecule has 0 saturated carbocycles. The predicted molar refractivity (Wildman–Crippen MR) is 108 cm³/mol. The van der Waals surface area contributed by atoms with Gasteiger partial charge in [0.25, 0.3) is 0 Å². The lowest BCUT2D eigenvalue weighted by atomic mass is 9.94. The molecule has 1 aliphatic rings. The van der Waals surface area contributed by atoms with E-state index in [2.05, 4.69) is 5.32 Å². The van der Waals surface area contributed by atoms with Crippen LogP contribution >= 0.6 is 0 Å². The van der Waals surface area contributed by atoms with Crippen LogP contribution in [-0.2, 0) is 9.53 Å². The first-order valence-corrected chi connectivity index (χ1v) is 9.42. The Bertz CT molecular complexity index is 958. The van der Waals surface area contributed by atoms with Gasteiger partial charge in [-0.05, 0) is 36.8 Å². The quantitative estimate of drug-likeness (QED) is 0.703. The Kier molecular flexibility index (Phi) is 6.56. The maximum absolute atomic E-state index is 14.0. The summed E-state index contributed by atoms with van der Waals surface area (Å²) < 4.78 is 30.0. The van der Waals surface area contributed by atoms with Crippen molar-refractivity contribution in [3.05, 3.63) is 71.2 Å². The fourth-order valence-electron chi connectivity index (χ4n) is 3.14. The van der Waals surface area contributed by atoms with Gasteiger partial charge in [0.05, 0.1) is 31.0 Å². The minimum Gasteiger partial charge on any atom is -0.497 e. The van der Waals surface area contributed by atoms with Crippen LogP contribution in [0.3, 0.4) is 0 Å². The molecule has 0 spiro atoms. The van der Waals surface area contributed by atoms with Gasteiger partial charge in [0.1, 0.15) is 12.4 Å². The van der Waals surface area contributed by atoms with E-state index in [1.165, 1.54) is 24.1 Å². The van der Waals surface area contributed by atoms with Gasteiger partial charge in [-0.2, -0.15) is 0 Å². The summed E-state index contributed by atoms with van der Waals surface area (Å²) in [5.74, 6) is -0.459. The average molecular weight is 414 g/mol. The Labute approximate surface area is 174 Å². The van der Waals surface area contributed by atoms with Crippen LogP contribution in [0.15, 0.2) is 59.8 Å². The second-order valence-corrected chi connectivity index (χ2v) is 6.51. The van der Waals surface area contributed by atoms with Gasteiger partial charge in [0, 0.05) is 7.05 Å². The zero-order valence-corrected chi connectivity index (χ0v) is 17.0. The number of ether oxygens (including phenoxy) is 3. The smallest absolute Gasteiger partial charge is 0.338 e. The van der Waals surface area contributed by atoms with Crippen molar-refractivity contribution in [1.29, 1.82) is 0 Å². The van der Waals surface area contributed by atoms with Gasteiger partial charge in [-0.25, -0.2) is 14.0 Å². The predicted octanol–water partition coefficient (Wildman–Crippen LogP) is 3.43. The molecule has 0 bridgehead atoms. The molecule has 1 aliphatic heterocycles. The highest BCUT2D eigenvalue weighted by Crippen LogP contribution is 2.32. The van der Waals surface area contributed by atoms with E-state index in [1.54, 1.807) is 50.4 Å². The number of halogens is 1. The number of nitrogens with one attached hydrogen (secondary N) is 1. The van der Waals surface area contributed by atoms with E-state index in [9.17, 15) is 14.0 Å². The molecule has 7 nitrogen and oxygen atoms in total. The van der Waals surface area contributed by atoms with E-state index >= 15 is 0 Å². The van der Waals surface area contributed by atoms with E-state index in [0.717, 1.165) is 0 Å². The molecule has 0 aliphatic carbocycles. The van der Waals surface area contributed by atoms with Crippen molar-refractivity contribution in [2.45, 2.75) is 13.0 Å². The Hall–Kier alpha value is -3.55. The molecule has 0 fully saturated rings. The lowest BCUT2D eigenvalue weighted by molar-refractivity contribution is -0.139. The van der Waals surface area contributed by atoms with E-state index in [0.29, 0.717) is 17.0 Å². The van der Waals surface area contributed by atoms with Crippen LogP contribution in [0.4, 0.5) is 9.18 Å². The number of carbonyl (C=O) groups excluding carboxylic acids is 2. The number of methoxy groups -OCH3 is 1. The second kappa shape index (κ2) is 9.30. The third-order valence-electron chi connectivity index (χ3n) is 4.72. The van der Waals surface area contributed by atoms with E-state index in [-0.39, 0.29) is 24.5 Å². The maximum Gasteiger partial charge on any atom is 0.338 e. The monoisotopic (exact) mass is 414 g/mol.